The summed E-state index contributed by atoms with van der Waals surface area (Å²) in [6.07, 6.45) is 1.60. The Labute approximate surface area is 108 Å². The zero-order valence-electron chi connectivity index (χ0n) is 9.77. The summed E-state index contributed by atoms with van der Waals surface area (Å²) in [4.78, 5) is 22.4. The van der Waals surface area contributed by atoms with Crippen molar-refractivity contribution >= 4 is 17.4 Å². The fourth-order valence-corrected chi connectivity index (χ4v) is 1.98. The number of carboxylic acid groups (broad SMARTS) is 1. The minimum Gasteiger partial charge on any atom is -0.478 e. The number of fused-ring (bicyclic) bond motifs is 1. The molecule has 0 aromatic heterocycles. The first-order chi connectivity index (χ1) is 9.04. The molecule has 4 N–H and O–H groups in total. The summed E-state index contributed by atoms with van der Waals surface area (Å²) in [5.41, 5.74) is 7.02. The molecule has 0 fully saturated rings. The summed E-state index contributed by atoms with van der Waals surface area (Å²) < 4.78 is 5.59. The van der Waals surface area contributed by atoms with Gasteiger partial charge in [-0.3, -0.25) is 4.79 Å². The highest BCUT2D eigenvalue weighted by atomic mass is 16.5. The summed E-state index contributed by atoms with van der Waals surface area (Å²) in [6, 6.07) is 4.48. The first-order valence-corrected chi connectivity index (χ1v) is 5.60. The smallest absolute Gasteiger partial charge is 0.335 e. The van der Waals surface area contributed by atoms with Crippen LogP contribution in [0.2, 0.25) is 0 Å². The van der Waals surface area contributed by atoms with Gasteiger partial charge in [0.15, 0.2) is 11.5 Å². The molecule has 0 atom stereocenters. The van der Waals surface area contributed by atoms with Gasteiger partial charge in [0.05, 0.1) is 29.1 Å². The Morgan fingerprint density at radius 3 is 2.95 bits per heavy atom. The maximum absolute atomic E-state index is 11.5. The minimum atomic E-state index is -1.02. The van der Waals surface area contributed by atoms with Crippen molar-refractivity contribution in [3.05, 3.63) is 47.0 Å². The standard InChI is InChI=1S/C13H10N2O4/c14-7-4-9-12(5-10(7)16)19-11-2-1-6(13(17)18)3-8(11)15-9/h1-4,15H,5,14H2,(H,17,18). The molecule has 96 valence electrons. The molecule has 0 spiro atoms. The molecule has 0 saturated heterocycles. The van der Waals surface area contributed by atoms with Crippen molar-refractivity contribution in [3.63, 3.8) is 0 Å². The summed E-state index contributed by atoms with van der Waals surface area (Å²) in [5, 5.41) is 12.0. The molecule has 6 nitrogen and oxygen atoms in total. The number of rotatable bonds is 1. The Morgan fingerprint density at radius 1 is 1.42 bits per heavy atom. The number of carbonyl (C=O) groups is 2. The Kier molecular flexibility index (Phi) is 2.31. The third-order valence-corrected chi connectivity index (χ3v) is 2.97. The van der Waals surface area contributed by atoms with E-state index in [1.807, 2.05) is 0 Å². The van der Waals surface area contributed by atoms with Gasteiger partial charge >= 0.3 is 5.97 Å². The van der Waals surface area contributed by atoms with E-state index in [9.17, 15) is 9.59 Å². The Bertz CT molecular complexity index is 673. The lowest BCUT2D eigenvalue weighted by molar-refractivity contribution is -0.115. The van der Waals surface area contributed by atoms with Crippen molar-refractivity contribution < 1.29 is 19.4 Å². The third kappa shape index (κ3) is 1.83. The van der Waals surface area contributed by atoms with Crippen LogP contribution in [0.4, 0.5) is 5.69 Å². The average Bonchev–Trinajstić information content (AvgIpc) is 2.37. The lowest BCUT2D eigenvalue weighted by Gasteiger charge is -2.26. The molecule has 2 aliphatic rings. The molecule has 1 aliphatic carbocycles. The van der Waals surface area contributed by atoms with Gasteiger partial charge in [0.1, 0.15) is 5.76 Å². The van der Waals surface area contributed by atoms with Gasteiger partial charge in [-0.15, -0.1) is 0 Å². The van der Waals surface area contributed by atoms with Crippen molar-refractivity contribution in [2.45, 2.75) is 6.42 Å². The summed E-state index contributed by atoms with van der Waals surface area (Å²) in [6.45, 7) is 0. The predicted octanol–water partition coefficient (Wildman–Crippen LogP) is 1.22. The zero-order chi connectivity index (χ0) is 13.6. The van der Waals surface area contributed by atoms with Crippen molar-refractivity contribution in [2.75, 3.05) is 5.32 Å². The van der Waals surface area contributed by atoms with E-state index < -0.39 is 5.97 Å². The van der Waals surface area contributed by atoms with Crippen molar-refractivity contribution in [3.8, 4) is 5.75 Å². The minimum absolute atomic E-state index is 0.102. The van der Waals surface area contributed by atoms with Gasteiger partial charge in [-0.1, -0.05) is 0 Å². The quantitative estimate of drug-likeness (QED) is 0.700. The third-order valence-electron chi connectivity index (χ3n) is 2.97. The number of carbonyl (C=O) groups excluding carboxylic acids is 1. The maximum atomic E-state index is 11.5. The highest BCUT2D eigenvalue weighted by molar-refractivity contribution is 5.98. The van der Waals surface area contributed by atoms with Gasteiger partial charge in [0, 0.05) is 0 Å². The number of Topliss-reactive ketones (excluding diaryl/α,β-unsaturated/α-hetero) is 1. The lowest BCUT2D eigenvalue weighted by atomic mass is 10.0. The Balaban J connectivity index is 2.00. The van der Waals surface area contributed by atoms with E-state index in [0.717, 1.165) is 0 Å². The van der Waals surface area contributed by atoms with Crippen molar-refractivity contribution in [2.24, 2.45) is 5.73 Å². The van der Waals surface area contributed by atoms with Crippen LogP contribution in [0.25, 0.3) is 0 Å². The second kappa shape index (κ2) is 3.88. The number of nitrogens with one attached hydrogen (secondary N) is 1. The molecule has 1 aliphatic heterocycles. The number of hydrogen-bond acceptors (Lipinski definition) is 5. The summed E-state index contributed by atoms with van der Waals surface area (Å²) >= 11 is 0. The number of ketones is 1. The molecule has 0 amide bonds. The van der Waals surface area contributed by atoms with Gasteiger partial charge < -0.3 is 20.9 Å². The Morgan fingerprint density at radius 2 is 2.21 bits per heavy atom. The number of carboxylic acids is 1. The van der Waals surface area contributed by atoms with Crippen LogP contribution in [-0.2, 0) is 4.79 Å². The van der Waals surface area contributed by atoms with Crippen LogP contribution in [0.3, 0.4) is 0 Å². The largest absolute Gasteiger partial charge is 0.478 e. The maximum Gasteiger partial charge on any atom is 0.335 e. The number of ether oxygens (including phenoxy) is 1. The van der Waals surface area contributed by atoms with E-state index in [1.54, 1.807) is 6.07 Å². The van der Waals surface area contributed by atoms with Crippen LogP contribution >= 0.6 is 0 Å². The van der Waals surface area contributed by atoms with Crippen LogP contribution in [0.5, 0.6) is 5.75 Å². The molecule has 1 aromatic rings. The van der Waals surface area contributed by atoms with E-state index in [2.05, 4.69) is 5.32 Å². The molecule has 3 rings (SSSR count). The lowest BCUT2D eigenvalue weighted by Crippen LogP contribution is -2.24. The number of anilines is 1. The fourth-order valence-electron chi connectivity index (χ4n) is 1.98. The fraction of sp³-hybridized carbons (Fsp3) is 0.0769. The van der Waals surface area contributed by atoms with E-state index >= 15 is 0 Å². The number of nitrogens with two attached hydrogens (primary N) is 1. The molecule has 0 radical (unpaired) electrons. The molecule has 6 heteroatoms. The van der Waals surface area contributed by atoms with Crippen LogP contribution in [-0.4, -0.2) is 16.9 Å². The van der Waals surface area contributed by atoms with Crippen LogP contribution in [0.15, 0.2) is 41.4 Å². The van der Waals surface area contributed by atoms with Gasteiger partial charge in [0.2, 0.25) is 0 Å². The van der Waals surface area contributed by atoms with E-state index in [-0.39, 0.29) is 23.5 Å². The van der Waals surface area contributed by atoms with Gasteiger partial charge in [-0.25, -0.2) is 4.79 Å². The highest BCUT2D eigenvalue weighted by Gasteiger charge is 2.26. The Hall–Kier alpha value is -2.76. The normalized spacial score (nSPS) is 16.8. The average molecular weight is 258 g/mol. The highest BCUT2D eigenvalue weighted by Crippen LogP contribution is 2.36. The van der Waals surface area contributed by atoms with Crippen LogP contribution in [0.1, 0.15) is 16.8 Å². The number of benzene rings is 1. The predicted molar refractivity (Wildman–Crippen MR) is 66.6 cm³/mol. The SMILES string of the molecule is NC1=CC2=C(CC1=O)Oc1ccc(C(=O)O)cc1N2. The molecule has 0 saturated carbocycles. The second-order valence-corrected chi connectivity index (χ2v) is 4.28. The monoisotopic (exact) mass is 258 g/mol. The first kappa shape index (κ1) is 11.3. The van der Waals surface area contributed by atoms with E-state index in [1.165, 1.54) is 18.2 Å². The topological polar surface area (TPSA) is 102 Å². The summed E-state index contributed by atoms with van der Waals surface area (Å²) in [5.74, 6) is -0.218. The number of aromatic carboxylic acids is 1. The molecule has 0 bridgehead atoms. The van der Waals surface area contributed by atoms with Crippen molar-refractivity contribution in [1.82, 2.24) is 0 Å². The van der Waals surface area contributed by atoms with Gasteiger partial charge in [-0.05, 0) is 24.3 Å². The van der Waals surface area contributed by atoms with E-state index in [4.69, 9.17) is 15.6 Å². The first-order valence-electron chi connectivity index (χ1n) is 5.60. The second-order valence-electron chi connectivity index (χ2n) is 4.28. The zero-order valence-corrected chi connectivity index (χ0v) is 9.77. The van der Waals surface area contributed by atoms with Crippen LogP contribution in [0, 0.1) is 0 Å². The molecule has 1 heterocycles. The number of allylic oxidation sites excluding steroid dienone is 3. The molecular formula is C13H10N2O4. The van der Waals surface area contributed by atoms with Gasteiger partial charge in [-0.2, -0.15) is 0 Å². The number of hydrogen-bond donors (Lipinski definition) is 3. The molecule has 0 unspecified atom stereocenters. The summed E-state index contributed by atoms with van der Waals surface area (Å²) in [7, 11) is 0. The molecular weight excluding hydrogens is 248 g/mol. The van der Waals surface area contributed by atoms with Gasteiger partial charge in [0.25, 0.3) is 0 Å². The van der Waals surface area contributed by atoms with Crippen LogP contribution < -0.4 is 15.8 Å². The van der Waals surface area contributed by atoms with E-state index in [0.29, 0.717) is 22.9 Å². The molecule has 19 heavy (non-hydrogen) atoms. The molecule has 1 aromatic carbocycles. The van der Waals surface area contributed by atoms with Crippen molar-refractivity contribution in [1.29, 1.82) is 0 Å².